The van der Waals surface area contributed by atoms with Crippen LogP contribution in [0.2, 0.25) is 0 Å². The van der Waals surface area contributed by atoms with E-state index >= 15 is 0 Å². The standard InChI is InChI=1S/C17H31N3O5/c1-18-16(23)15-6-3-2-5-14(15)13-25-17(24)19-7-4-8-20(9-11-21)10-12-22/h2-3,14-15,21-22H,4-13H2,1H3,(H,18,23)(H,19,24). The molecule has 2 amide bonds. The second-order valence-corrected chi connectivity index (χ2v) is 6.09. The van der Waals surface area contributed by atoms with Crippen molar-refractivity contribution in [2.75, 3.05) is 53.0 Å². The van der Waals surface area contributed by atoms with E-state index in [1.54, 1.807) is 7.05 Å². The van der Waals surface area contributed by atoms with Gasteiger partial charge in [-0.15, -0.1) is 0 Å². The summed E-state index contributed by atoms with van der Waals surface area (Å²) in [6, 6.07) is 0. The van der Waals surface area contributed by atoms with Crippen molar-refractivity contribution in [3.63, 3.8) is 0 Å². The van der Waals surface area contributed by atoms with Gasteiger partial charge in [0.1, 0.15) is 0 Å². The summed E-state index contributed by atoms with van der Waals surface area (Å²) in [4.78, 5) is 25.6. The zero-order chi connectivity index (χ0) is 18.5. The molecule has 0 spiro atoms. The number of carbonyl (C=O) groups excluding carboxylic acids is 2. The fraction of sp³-hybridized carbons (Fsp3) is 0.765. The first-order valence-electron chi connectivity index (χ1n) is 8.83. The lowest BCUT2D eigenvalue weighted by molar-refractivity contribution is -0.126. The molecule has 1 aliphatic carbocycles. The number of aliphatic hydroxyl groups excluding tert-OH is 2. The lowest BCUT2D eigenvalue weighted by atomic mass is 9.83. The van der Waals surface area contributed by atoms with Crippen molar-refractivity contribution in [1.29, 1.82) is 0 Å². The highest BCUT2D eigenvalue weighted by Crippen LogP contribution is 2.26. The highest BCUT2D eigenvalue weighted by molar-refractivity contribution is 5.79. The summed E-state index contributed by atoms with van der Waals surface area (Å²) in [6.45, 7) is 2.43. The van der Waals surface area contributed by atoms with Crippen LogP contribution in [0, 0.1) is 11.8 Å². The maximum atomic E-state index is 11.9. The van der Waals surface area contributed by atoms with Crippen LogP contribution in [-0.4, -0.2) is 80.2 Å². The molecule has 1 rings (SSSR count). The zero-order valence-corrected chi connectivity index (χ0v) is 14.9. The summed E-state index contributed by atoms with van der Waals surface area (Å²) in [6.07, 6.45) is 5.61. The van der Waals surface area contributed by atoms with Crippen LogP contribution >= 0.6 is 0 Å². The Bertz CT molecular complexity index is 425. The normalized spacial score (nSPS) is 19.7. The molecule has 0 bridgehead atoms. The number of ether oxygens (including phenoxy) is 1. The molecule has 2 unspecified atom stereocenters. The van der Waals surface area contributed by atoms with Gasteiger partial charge in [0.2, 0.25) is 5.91 Å². The number of aliphatic hydroxyl groups is 2. The SMILES string of the molecule is CNC(=O)C1CC=CCC1COC(=O)NCCCN(CCO)CCO. The average Bonchev–Trinajstić information content (AvgIpc) is 2.63. The number of amides is 2. The molecule has 4 N–H and O–H groups in total. The van der Waals surface area contributed by atoms with Crippen molar-refractivity contribution in [1.82, 2.24) is 15.5 Å². The lowest BCUT2D eigenvalue weighted by Gasteiger charge is -2.26. The molecule has 0 aromatic rings. The summed E-state index contributed by atoms with van der Waals surface area (Å²) >= 11 is 0. The predicted molar refractivity (Wildman–Crippen MR) is 94.0 cm³/mol. The van der Waals surface area contributed by atoms with Crippen molar-refractivity contribution in [3.8, 4) is 0 Å². The van der Waals surface area contributed by atoms with Crippen LogP contribution in [0.1, 0.15) is 19.3 Å². The minimum Gasteiger partial charge on any atom is -0.449 e. The van der Waals surface area contributed by atoms with Gasteiger partial charge in [-0.1, -0.05) is 12.2 Å². The van der Waals surface area contributed by atoms with Crippen molar-refractivity contribution < 1.29 is 24.5 Å². The number of rotatable bonds is 11. The van der Waals surface area contributed by atoms with E-state index in [4.69, 9.17) is 14.9 Å². The first-order valence-corrected chi connectivity index (χ1v) is 8.83. The second kappa shape index (κ2) is 12.7. The van der Waals surface area contributed by atoms with Gasteiger partial charge in [0, 0.05) is 38.5 Å². The monoisotopic (exact) mass is 357 g/mol. The van der Waals surface area contributed by atoms with Gasteiger partial charge < -0.3 is 25.6 Å². The van der Waals surface area contributed by atoms with Crippen LogP contribution in [-0.2, 0) is 9.53 Å². The Balaban J connectivity index is 2.23. The number of nitrogens with one attached hydrogen (secondary N) is 2. The molecule has 0 aliphatic heterocycles. The number of hydrogen-bond acceptors (Lipinski definition) is 6. The quantitative estimate of drug-likeness (QED) is 0.299. The van der Waals surface area contributed by atoms with Gasteiger partial charge in [0.25, 0.3) is 0 Å². The van der Waals surface area contributed by atoms with Crippen LogP contribution in [0.3, 0.4) is 0 Å². The van der Waals surface area contributed by atoms with Crippen molar-refractivity contribution in [2.24, 2.45) is 11.8 Å². The highest BCUT2D eigenvalue weighted by Gasteiger charge is 2.29. The molecule has 0 aromatic carbocycles. The Labute approximate surface area is 149 Å². The molecule has 2 atom stereocenters. The molecular formula is C17H31N3O5. The third-order valence-electron chi connectivity index (χ3n) is 4.33. The van der Waals surface area contributed by atoms with E-state index in [0.717, 1.165) is 6.42 Å². The fourth-order valence-corrected chi connectivity index (χ4v) is 2.91. The minimum atomic E-state index is -0.485. The molecule has 8 heteroatoms. The Morgan fingerprint density at radius 1 is 1.16 bits per heavy atom. The van der Waals surface area contributed by atoms with Gasteiger partial charge in [-0.3, -0.25) is 9.69 Å². The van der Waals surface area contributed by atoms with E-state index < -0.39 is 6.09 Å². The third-order valence-corrected chi connectivity index (χ3v) is 4.33. The van der Waals surface area contributed by atoms with Crippen LogP contribution in [0.4, 0.5) is 4.79 Å². The summed E-state index contributed by atoms with van der Waals surface area (Å²) in [5, 5.41) is 23.2. The van der Waals surface area contributed by atoms with Gasteiger partial charge in [-0.05, 0) is 25.8 Å². The molecule has 0 saturated carbocycles. The number of allylic oxidation sites excluding steroid dienone is 2. The molecule has 144 valence electrons. The highest BCUT2D eigenvalue weighted by atomic mass is 16.5. The van der Waals surface area contributed by atoms with Crippen LogP contribution in [0.5, 0.6) is 0 Å². The summed E-state index contributed by atoms with van der Waals surface area (Å²) < 4.78 is 5.25. The largest absolute Gasteiger partial charge is 0.449 e. The number of alkyl carbamates (subject to hydrolysis) is 1. The minimum absolute atomic E-state index is 0.000278. The molecule has 0 fully saturated rings. The van der Waals surface area contributed by atoms with Crippen LogP contribution in [0.25, 0.3) is 0 Å². The lowest BCUT2D eigenvalue weighted by Crippen LogP contribution is -2.37. The molecule has 0 heterocycles. The van der Waals surface area contributed by atoms with Crippen LogP contribution in [0.15, 0.2) is 12.2 Å². The van der Waals surface area contributed by atoms with E-state index in [0.29, 0.717) is 39.0 Å². The van der Waals surface area contributed by atoms with Gasteiger partial charge in [-0.25, -0.2) is 4.79 Å². The van der Waals surface area contributed by atoms with E-state index in [-0.39, 0.29) is 37.6 Å². The Kier molecular flexibility index (Phi) is 10.9. The summed E-state index contributed by atoms with van der Waals surface area (Å²) in [5.74, 6) is -0.181. The van der Waals surface area contributed by atoms with Crippen LogP contribution < -0.4 is 10.6 Å². The molecular weight excluding hydrogens is 326 g/mol. The Morgan fingerprint density at radius 3 is 2.48 bits per heavy atom. The third kappa shape index (κ3) is 8.33. The molecule has 0 radical (unpaired) electrons. The summed E-state index contributed by atoms with van der Waals surface area (Å²) in [5.41, 5.74) is 0. The van der Waals surface area contributed by atoms with Gasteiger partial charge in [0.15, 0.2) is 0 Å². The van der Waals surface area contributed by atoms with Gasteiger partial charge in [0.05, 0.1) is 19.8 Å². The fourth-order valence-electron chi connectivity index (χ4n) is 2.91. The molecule has 25 heavy (non-hydrogen) atoms. The van der Waals surface area contributed by atoms with E-state index in [1.165, 1.54) is 0 Å². The van der Waals surface area contributed by atoms with Crippen molar-refractivity contribution in [3.05, 3.63) is 12.2 Å². The summed E-state index contributed by atoms with van der Waals surface area (Å²) in [7, 11) is 1.61. The van der Waals surface area contributed by atoms with E-state index in [9.17, 15) is 9.59 Å². The van der Waals surface area contributed by atoms with Gasteiger partial charge >= 0.3 is 6.09 Å². The molecule has 0 aromatic heterocycles. The first kappa shape index (κ1) is 21.4. The smallest absolute Gasteiger partial charge is 0.407 e. The Morgan fingerprint density at radius 2 is 1.84 bits per heavy atom. The van der Waals surface area contributed by atoms with Crippen molar-refractivity contribution in [2.45, 2.75) is 19.3 Å². The average molecular weight is 357 g/mol. The zero-order valence-electron chi connectivity index (χ0n) is 14.9. The van der Waals surface area contributed by atoms with Gasteiger partial charge in [-0.2, -0.15) is 0 Å². The molecule has 8 nitrogen and oxygen atoms in total. The molecule has 0 saturated heterocycles. The Hall–Kier alpha value is -1.64. The second-order valence-electron chi connectivity index (χ2n) is 6.09. The first-order chi connectivity index (χ1) is 12.1. The number of nitrogens with zero attached hydrogens (tertiary/aromatic N) is 1. The maximum absolute atomic E-state index is 11.9. The maximum Gasteiger partial charge on any atom is 0.407 e. The molecule has 1 aliphatic rings. The predicted octanol–water partition coefficient (Wildman–Crippen LogP) is -0.282. The van der Waals surface area contributed by atoms with E-state index in [1.807, 2.05) is 17.1 Å². The number of hydrogen-bond donors (Lipinski definition) is 4. The topological polar surface area (TPSA) is 111 Å². The van der Waals surface area contributed by atoms with Crippen molar-refractivity contribution >= 4 is 12.0 Å². The van der Waals surface area contributed by atoms with E-state index in [2.05, 4.69) is 10.6 Å². The number of carbonyl (C=O) groups is 2.